The first-order chi connectivity index (χ1) is 9.88. The molecule has 0 saturated heterocycles. The first-order valence-corrected chi connectivity index (χ1v) is 7.77. The molecule has 2 N–H and O–H groups in total. The summed E-state index contributed by atoms with van der Waals surface area (Å²) >= 11 is 0. The number of carboxylic acids is 1. The molecular formula is C13H15FN2O4S. The summed E-state index contributed by atoms with van der Waals surface area (Å²) in [7, 11) is -3.96. The molecule has 0 aliphatic heterocycles. The van der Waals surface area contributed by atoms with Crippen molar-refractivity contribution < 1.29 is 22.7 Å². The summed E-state index contributed by atoms with van der Waals surface area (Å²) in [5.74, 6) is -1.78. The number of nitrogens with one attached hydrogen (secondary N) is 1. The van der Waals surface area contributed by atoms with Crippen LogP contribution in [0.25, 0.3) is 0 Å². The van der Waals surface area contributed by atoms with Crippen molar-refractivity contribution >= 4 is 16.0 Å². The lowest BCUT2D eigenvalue weighted by atomic mass is 10.2. The van der Waals surface area contributed by atoms with Crippen LogP contribution in [0.2, 0.25) is 0 Å². The summed E-state index contributed by atoms with van der Waals surface area (Å²) in [5, 5.41) is 17.3. The highest BCUT2D eigenvalue weighted by Gasteiger charge is 2.20. The fourth-order valence-electron chi connectivity index (χ4n) is 1.70. The van der Waals surface area contributed by atoms with Crippen LogP contribution in [-0.4, -0.2) is 26.0 Å². The van der Waals surface area contributed by atoms with Gasteiger partial charge in [0, 0.05) is 13.0 Å². The third-order valence-corrected chi connectivity index (χ3v) is 4.24. The van der Waals surface area contributed by atoms with Gasteiger partial charge in [-0.15, -0.1) is 0 Å². The summed E-state index contributed by atoms with van der Waals surface area (Å²) in [6, 6.07) is 4.93. The number of aliphatic carboxylic acids is 1. The largest absolute Gasteiger partial charge is 0.481 e. The van der Waals surface area contributed by atoms with Crippen molar-refractivity contribution in [3.63, 3.8) is 0 Å². The number of hydrogen-bond donors (Lipinski definition) is 2. The molecule has 0 atom stereocenters. The van der Waals surface area contributed by atoms with Crippen LogP contribution in [0.1, 0.15) is 31.2 Å². The molecule has 0 spiro atoms. The van der Waals surface area contributed by atoms with Gasteiger partial charge in [-0.3, -0.25) is 4.79 Å². The lowest BCUT2D eigenvalue weighted by Gasteiger charge is -2.08. The molecule has 1 aromatic rings. The number of nitrogens with zero attached hydrogens (tertiary/aromatic N) is 1. The molecule has 1 aromatic carbocycles. The molecule has 0 amide bonds. The number of carbonyl (C=O) groups is 1. The van der Waals surface area contributed by atoms with Gasteiger partial charge in [0.25, 0.3) is 0 Å². The molecule has 0 unspecified atom stereocenters. The monoisotopic (exact) mass is 314 g/mol. The summed E-state index contributed by atoms with van der Waals surface area (Å²) < 4.78 is 39.6. The van der Waals surface area contributed by atoms with Gasteiger partial charge in [0.2, 0.25) is 10.0 Å². The van der Waals surface area contributed by atoms with Crippen LogP contribution >= 0.6 is 0 Å². The predicted molar refractivity (Wildman–Crippen MR) is 72.4 cm³/mol. The van der Waals surface area contributed by atoms with Crippen LogP contribution < -0.4 is 4.72 Å². The van der Waals surface area contributed by atoms with Crippen molar-refractivity contribution in [1.82, 2.24) is 4.72 Å². The van der Waals surface area contributed by atoms with E-state index in [-0.39, 0.29) is 13.0 Å². The maximum atomic E-state index is 13.4. The molecule has 0 fully saturated rings. The fourth-order valence-corrected chi connectivity index (χ4v) is 2.94. The summed E-state index contributed by atoms with van der Waals surface area (Å²) in [6.07, 6.45) is 1.52. The number of unbranched alkanes of at least 4 members (excludes halogenated alkanes) is 2. The van der Waals surface area contributed by atoms with Crippen LogP contribution in [0, 0.1) is 17.1 Å². The first-order valence-electron chi connectivity index (χ1n) is 6.28. The Morgan fingerprint density at radius 1 is 1.33 bits per heavy atom. The van der Waals surface area contributed by atoms with Crippen LogP contribution in [0.15, 0.2) is 23.1 Å². The number of nitriles is 1. The van der Waals surface area contributed by atoms with Crippen LogP contribution in [-0.2, 0) is 14.8 Å². The Bertz CT molecular complexity index is 653. The minimum absolute atomic E-state index is 0.0369. The predicted octanol–water partition coefficient (Wildman–Crippen LogP) is 1.62. The Balaban J connectivity index is 2.61. The number of halogens is 1. The molecule has 0 aromatic heterocycles. The van der Waals surface area contributed by atoms with Gasteiger partial charge in [-0.1, -0.05) is 12.5 Å². The van der Waals surface area contributed by atoms with E-state index in [0.717, 1.165) is 12.1 Å². The zero-order valence-corrected chi connectivity index (χ0v) is 12.0. The normalized spacial score (nSPS) is 11.0. The van der Waals surface area contributed by atoms with Crippen LogP contribution in [0.5, 0.6) is 0 Å². The second-order valence-corrected chi connectivity index (χ2v) is 6.06. The Labute approximate surface area is 122 Å². The second-order valence-electron chi connectivity index (χ2n) is 4.33. The Morgan fingerprint density at radius 2 is 2.05 bits per heavy atom. The molecule has 0 bridgehead atoms. The number of sulfonamides is 1. The van der Waals surface area contributed by atoms with Gasteiger partial charge >= 0.3 is 5.97 Å². The Morgan fingerprint density at radius 3 is 2.67 bits per heavy atom. The molecule has 21 heavy (non-hydrogen) atoms. The Hall–Kier alpha value is -1.98. The topological polar surface area (TPSA) is 107 Å². The standard InChI is InChI=1S/C13H15FN2O4S/c14-11-5-4-6-12(10(11)9-15)21(19,20)16-8-3-1-2-7-13(17)18/h4-6,16H,1-3,7-8H2,(H,17,18). The zero-order valence-electron chi connectivity index (χ0n) is 11.2. The van der Waals surface area contributed by atoms with Crippen LogP contribution in [0.4, 0.5) is 4.39 Å². The maximum Gasteiger partial charge on any atom is 0.303 e. The second kappa shape index (κ2) is 7.71. The molecule has 0 radical (unpaired) electrons. The number of rotatable bonds is 8. The van der Waals surface area contributed by atoms with Gasteiger partial charge in [-0.05, 0) is 25.0 Å². The maximum absolute atomic E-state index is 13.4. The Kier molecular flexibility index (Phi) is 6.27. The number of carboxylic acid groups (broad SMARTS) is 1. The smallest absolute Gasteiger partial charge is 0.303 e. The van der Waals surface area contributed by atoms with Gasteiger partial charge in [0.1, 0.15) is 22.3 Å². The number of benzene rings is 1. The van der Waals surface area contributed by atoms with E-state index in [1.54, 1.807) is 0 Å². The quantitative estimate of drug-likeness (QED) is 0.709. The highest BCUT2D eigenvalue weighted by atomic mass is 32.2. The summed E-state index contributed by atoms with van der Waals surface area (Å²) in [5.41, 5.74) is -0.518. The van der Waals surface area contributed by atoms with E-state index in [4.69, 9.17) is 10.4 Å². The van der Waals surface area contributed by atoms with E-state index in [1.165, 1.54) is 12.1 Å². The van der Waals surface area contributed by atoms with Gasteiger partial charge in [0.15, 0.2) is 0 Å². The number of hydrogen-bond acceptors (Lipinski definition) is 4. The first kappa shape index (κ1) is 17.1. The molecular weight excluding hydrogens is 299 g/mol. The van der Waals surface area contributed by atoms with Crippen molar-refractivity contribution in [1.29, 1.82) is 5.26 Å². The highest BCUT2D eigenvalue weighted by molar-refractivity contribution is 7.89. The third-order valence-electron chi connectivity index (χ3n) is 2.74. The van der Waals surface area contributed by atoms with Gasteiger partial charge in [-0.25, -0.2) is 17.5 Å². The van der Waals surface area contributed by atoms with E-state index in [1.807, 2.05) is 0 Å². The van der Waals surface area contributed by atoms with Crippen molar-refractivity contribution in [3.8, 4) is 6.07 Å². The van der Waals surface area contributed by atoms with Crippen molar-refractivity contribution in [2.24, 2.45) is 0 Å². The van der Waals surface area contributed by atoms with Crippen molar-refractivity contribution in [2.75, 3.05) is 6.54 Å². The van der Waals surface area contributed by atoms with E-state index < -0.39 is 32.3 Å². The van der Waals surface area contributed by atoms with E-state index in [9.17, 15) is 17.6 Å². The fraction of sp³-hybridized carbons (Fsp3) is 0.385. The van der Waals surface area contributed by atoms with Crippen molar-refractivity contribution in [3.05, 3.63) is 29.6 Å². The SMILES string of the molecule is N#Cc1c(F)cccc1S(=O)(=O)NCCCCCC(=O)O. The minimum Gasteiger partial charge on any atom is -0.481 e. The zero-order chi connectivity index (χ0) is 15.9. The van der Waals surface area contributed by atoms with E-state index >= 15 is 0 Å². The lowest BCUT2D eigenvalue weighted by Crippen LogP contribution is -2.25. The molecule has 114 valence electrons. The molecule has 0 heterocycles. The third kappa shape index (κ3) is 5.13. The summed E-state index contributed by atoms with van der Waals surface area (Å²) in [4.78, 5) is 9.91. The van der Waals surface area contributed by atoms with Gasteiger partial charge in [0.05, 0.1) is 0 Å². The lowest BCUT2D eigenvalue weighted by molar-refractivity contribution is -0.137. The average molecular weight is 314 g/mol. The van der Waals surface area contributed by atoms with Gasteiger partial charge in [-0.2, -0.15) is 5.26 Å². The summed E-state index contributed by atoms with van der Waals surface area (Å²) in [6.45, 7) is 0.101. The molecule has 1 rings (SSSR count). The van der Waals surface area contributed by atoms with E-state index in [0.29, 0.717) is 19.3 Å². The molecule has 0 aliphatic carbocycles. The van der Waals surface area contributed by atoms with Crippen molar-refractivity contribution in [2.45, 2.75) is 30.6 Å². The highest BCUT2D eigenvalue weighted by Crippen LogP contribution is 2.17. The molecule has 0 saturated carbocycles. The average Bonchev–Trinajstić information content (AvgIpc) is 2.42. The molecule has 6 nitrogen and oxygen atoms in total. The van der Waals surface area contributed by atoms with E-state index in [2.05, 4.69) is 4.72 Å². The van der Waals surface area contributed by atoms with Gasteiger partial charge < -0.3 is 5.11 Å². The molecule has 0 aliphatic rings. The van der Waals surface area contributed by atoms with Crippen LogP contribution in [0.3, 0.4) is 0 Å². The molecule has 8 heteroatoms. The minimum atomic E-state index is -3.96.